The molecule has 2 nitrogen and oxygen atoms in total. The number of alkyl halides is 3. The Morgan fingerprint density at radius 1 is 1.18 bits per heavy atom. The fraction of sp³-hybridized carbons (Fsp3) is 0.250. The Hall–Kier alpha value is -1.62. The molecule has 1 aromatic rings. The number of carbonyl (C=O) groups excluding carboxylic acids is 1. The Morgan fingerprint density at radius 2 is 1.82 bits per heavy atom. The fourth-order valence-electron chi connectivity index (χ4n) is 1.56. The molecule has 1 heterocycles. The molecule has 1 saturated heterocycles. The van der Waals surface area contributed by atoms with Crippen molar-refractivity contribution in [3.63, 3.8) is 0 Å². The van der Waals surface area contributed by atoms with Crippen LogP contribution >= 0.6 is 0 Å². The normalized spacial score (nSPS) is 23.9. The first-order chi connectivity index (χ1) is 8.02. The van der Waals surface area contributed by atoms with Gasteiger partial charge in [-0.05, 0) is 29.8 Å². The molecule has 0 aliphatic carbocycles. The first-order valence-electron chi connectivity index (χ1n) is 4.97. The van der Waals surface area contributed by atoms with E-state index in [1.165, 1.54) is 18.2 Å². The summed E-state index contributed by atoms with van der Waals surface area (Å²) in [6.45, 7) is 0. The molecular weight excluding hydrogens is 233 g/mol. The zero-order valence-corrected chi connectivity index (χ0v) is 8.65. The monoisotopic (exact) mass is 242 g/mol. The van der Waals surface area contributed by atoms with Crippen LogP contribution in [0.1, 0.15) is 17.2 Å². The molecule has 0 unspecified atom stereocenters. The van der Waals surface area contributed by atoms with Crippen molar-refractivity contribution in [3.05, 3.63) is 47.5 Å². The highest BCUT2D eigenvalue weighted by Crippen LogP contribution is 2.40. The van der Waals surface area contributed by atoms with Crippen molar-refractivity contribution >= 4 is 6.29 Å². The molecule has 1 aliphatic heterocycles. The number of benzene rings is 1. The van der Waals surface area contributed by atoms with Crippen LogP contribution in [0.5, 0.6) is 0 Å². The molecule has 0 saturated carbocycles. The SMILES string of the molecule is O=CC=C[C@H]1O[C@@H]1c1ccc(C(F)(F)F)cc1. The Bertz CT molecular complexity index is 434. The predicted octanol–water partition coefficient (Wildman–Crippen LogP) is 2.90. The maximum absolute atomic E-state index is 12.3. The number of epoxide rings is 1. The molecule has 1 fully saturated rings. The van der Waals surface area contributed by atoms with Crippen molar-refractivity contribution in [1.29, 1.82) is 0 Å². The molecule has 0 amide bonds. The lowest BCUT2D eigenvalue weighted by Crippen LogP contribution is -2.04. The van der Waals surface area contributed by atoms with Crippen LogP contribution in [0.4, 0.5) is 13.2 Å². The van der Waals surface area contributed by atoms with E-state index in [0.717, 1.165) is 12.1 Å². The molecule has 2 atom stereocenters. The van der Waals surface area contributed by atoms with Crippen molar-refractivity contribution < 1.29 is 22.7 Å². The van der Waals surface area contributed by atoms with Gasteiger partial charge in [-0.3, -0.25) is 4.79 Å². The summed E-state index contributed by atoms with van der Waals surface area (Å²) >= 11 is 0. The van der Waals surface area contributed by atoms with Crippen molar-refractivity contribution in [1.82, 2.24) is 0 Å². The second-order valence-electron chi connectivity index (χ2n) is 3.66. The quantitative estimate of drug-likeness (QED) is 0.463. The number of hydrogen-bond acceptors (Lipinski definition) is 2. The lowest BCUT2D eigenvalue weighted by molar-refractivity contribution is -0.137. The maximum atomic E-state index is 12.3. The van der Waals surface area contributed by atoms with Gasteiger partial charge in [0.25, 0.3) is 0 Å². The molecular formula is C12H9F3O2. The molecule has 0 spiro atoms. The third-order valence-corrected chi connectivity index (χ3v) is 2.47. The van der Waals surface area contributed by atoms with Crippen LogP contribution in [-0.4, -0.2) is 12.4 Å². The third kappa shape index (κ3) is 2.74. The molecule has 17 heavy (non-hydrogen) atoms. The van der Waals surface area contributed by atoms with Crippen LogP contribution in [-0.2, 0) is 15.7 Å². The number of allylic oxidation sites excluding steroid dienone is 1. The Balaban J connectivity index is 2.05. The number of rotatable bonds is 3. The summed E-state index contributed by atoms with van der Waals surface area (Å²) in [7, 11) is 0. The van der Waals surface area contributed by atoms with E-state index in [1.54, 1.807) is 6.08 Å². The summed E-state index contributed by atoms with van der Waals surface area (Å²) in [5.74, 6) is 0. The lowest BCUT2D eigenvalue weighted by atomic mass is 10.1. The predicted molar refractivity (Wildman–Crippen MR) is 54.3 cm³/mol. The number of halogens is 3. The topological polar surface area (TPSA) is 29.6 Å². The van der Waals surface area contributed by atoms with E-state index in [1.807, 2.05) is 0 Å². The molecule has 2 rings (SSSR count). The summed E-state index contributed by atoms with van der Waals surface area (Å²) in [4.78, 5) is 10.1. The number of aldehydes is 1. The van der Waals surface area contributed by atoms with Gasteiger partial charge in [0.1, 0.15) is 18.5 Å². The highest BCUT2D eigenvalue weighted by molar-refractivity contribution is 5.65. The van der Waals surface area contributed by atoms with Crippen molar-refractivity contribution in [2.24, 2.45) is 0 Å². The highest BCUT2D eigenvalue weighted by Gasteiger charge is 2.38. The van der Waals surface area contributed by atoms with Gasteiger partial charge in [0.05, 0.1) is 5.56 Å². The third-order valence-electron chi connectivity index (χ3n) is 2.47. The summed E-state index contributed by atoms with van der Waals surface area (Å²) in [5.41, 5.74) is 0.000401. The van der Waals surface area contributed by atoms with E-state index in [-0.39, 0.29) is 12.2 Å². The minimum atomic E-state index is -4.32. The number of ether oxygens (including phenoxy) is 1. The van der Waals surface area contributed by atoms with Crippen LogP contribution in [0.25, 0.3) is 0 Å². The summed E-state index contributed by atoms with van der Waals surface area (Å²) in [6, 6.07) is 4.83. The van der Waals surface area contributed by atoms with E-state index in [4.69, 9.17) is 4.74 Å². The summed E-state index contributed by atoms with van der Waals surface area (Å²) in [6.07, 6.45) is -1.25. The Kier molecular flexibility index (Phi) is 3.02. The van der Waals surface area contributed by atoms with Gasteiger partial charge in [-0.1, -0.05) is 12.1 Å². The molecule has 90 valence electrons. The van der Waals surface area contributed by atoms with E-state index < -0.39 is 11.7 Å². The van der Waals surface area contributed by atoms with E-state index in [9.17, 15) is 18.0 Å². The van der Waals surface area contributed by atoms with Crippen LogP contribution < -0.4 is 0 Å². The fourth-order valence-corrected chi connectivity index (χ4v) is 1.56. The first kappa shape index (κ1) is 11.9. The minimum absolute atomic E-state index is 0.211. The van der Waals surface area contributed by atoms with Crippen molar-refractivity contribution in [2.75, 3.05) is 0 Å². The van der Waals surface area contributed by atoms with Gasteiger partial charge in [-0.25, -0.2) is 0 Å². The second-order valence-corrected chi connectivity index (χ2v) is 3.66. The van der Waals surface area contributed by atoms with E-state index >= 15 is 0 Å². The van der Waals surface area contributed by atoms with Gasteiger partial charge in [-0.2, -0.15) is 13.2 Å². The highest BCUT2D eigenvalue weighted by atomic mass is 19.4. The van der Waals surface area contributed by atoms with Gasteiger partial charge in [0, 0.05) is 0 Å². The van der Waals surface area contributed by atoms with Gasteiger partial charge in [-0.15, -0.1) is 0 Å². The molecule has 0 aromatic heterocycles. The van der Waals surface area contributed by atoms with Gasteiger partial charge in [0.2, 0.25) is 0 Å². The summed E-state index contributed by atoms with van der Waals surface area (Å²) in [5, 5.41) is 0. The second kappa shape index (κ2) is 4.33. The van der Waals surface area contributed by atoms with Crippen LogP contribution in [0, 0.1) is 0 Å². The number of hydrogen-bond donors (Lipinski definition) is 0. The van der Waals surface area contributed by atoms with Gasteiger partial charge < -0.3 is 4.74 Å². The molecule has 5 heteroatoms. The van der Waals surface area contributed by atoms with Gasteiger partial charge in [0.15, 0.2) is 0 Å². The zero-order valence-electron chi connectivity index (χ0n) is 8.65. The zero-order chi connectivity index (χ0) is 12.5. The molecule has 0 N–H and O–H groups in total. The van der Waals surface area contributed by atoms with Crippen LogP contribution in [0.3, 0.4) is 0 Å². The van der Waals surface area contributed by atoms with Crippen molar-refractivity contribution in [2.45, 2.75) is 18.4 Å². The smallest absolute Gasteiger partial charge is 0.360 e. The van der Waals surface area contributed by atoms with Crippen LogP contribution in [0.15, 0.2) is 36.4 Å². The van der Waals surface area contributed by atoms with E-state index in [0.29, 0.717) is 11.8 Å². The summed E-state index contributed by atoms with van der Waals surface area (Å²) < 4.78 is 42.1. The molecule has 1 aromatic carbocycles. The Morgan fingerprint density at radius 3 is 2.35 bits per heavy atom. The first-order valence-corrected chi connectivity index (χ1v) is 4.97. The average molecular weight is 242 g/mol. The Labute approximate surface area is 95.7 Å². The standard InChI is InChI=1S/C12H9F3O2/c13-12(14,15)9-5-3-8(4-6-9)11-10(17-11)2-1-7-16/h1-7,10-11H/t10-,11-/m1/s1. The minimum Gasteiger partial charge on any atom is -0.360 e. The molecule has 0 radical (unpaired) electrons. The maximum Gasteiger partial charge on any atom is 0.416 e. The van der Waals surface area contributed by atoms with Crippen LogP contribution in [0.2, 0.25) is 0 Å². The number of carbonyl (C=O) groups is 1. The van der Waals surface area contributed by atoms with Gasteiger partial charge >= 0.3 is 6.18 Å². The largest absolute Gasteiger partial charge is 0.416 e. The van der Waals surface area contributed by atoms with Crippen molar-refractivity contribution in [3.8, 4) is 0 Å². The molecule has 1 aliphatic rings. The lowest BCUT2D eigenvalue weighted by Gasteiger charge is -2.06. The molecule has 0 bridgehead atoms. The van der Waals surface area contributed by atoms with E-state index in [2.05, 4.69) is 0 Å². The average Bonchev–Trinajstić information content (AvgIpc) is 3.05.